The fourth-order valence-corrected chi connectivity index (χ4v) is 6.23. The third kappa shape index (κ3) is 1.73. The van der Waals surface area contributed by atoms with E-state index in [1.807, 2.05) is 0 Å². The van der Waals surface area contributed by atoms with Crippen molar-refractivity contribution in [2.45, 2.75) is 52.4 Å². The van der Waals surface area contributed by atoms with E-state index in [0.29, 0.717) is 16.6 Å². The molecule has 0 radical (unpaired) electrons. The Morgan fingerprint density at radius 3 is 2.50 bits per heavy atom. The standard InChI is InChI=1S/C16H22N2O2/c1-14-5-11-6-15(2,8-14)10-16(7-11,9-14)13(19)17-12-3-4-20-18-12/h3-4,11H,5-10H2,1-2H3,(H,17,18,19)/t11?,14-,15+,16?. The Bertz CT molecular complexity index is 533. The lowest BCUT2D eigenvalue weighted by Crippen LogP contribution is -2.58. The zero-order valence-corrected chi connectivity index (χ0v) is 12.2. The first-order valence-electron chi connectivity index (χ1n) is 7.62. The smallest absolute Gasteiger partial charge is 0.231 e. The van der Waals surface area contributed by atoms with E-state index in [0.717, 1.165) is 25.2 Å². The van der Waals surface area contributed by atoms with Crippen LogP contribution in [0.2, 0.25) is 0 Å². The predicted octanol–water partition coefficient (Wildman–Crippen LogP) is 3.61. The maximum atomic E-state index is 12.9. The van der Waals surface area contributed by atoms with Gasteiger partial charge in [-0.2, -0.15) is 0 Å². The Labute approximate surface area is 119 Å². The maximum Gasteiger partial charge on any atom is 0.231 e. The van der Waals surface area contributed by atoms with Gasteiger partial charge in [0.25, 0.3) is 0 Å². The molecule has 5 rings (SSSR count). The summed E-state index contributed by atoms with van der Waals surface area (Å²) < 4.78 is 4.81. The molecule has 0 spiro atoms. The minimum absolute atomic E-state index is 0.160. The first kappa shape index (κ1) is 12.4. The van der Waals surface area contributed by atoms with Crippen LogP contribution in [0.15, 0.2) is 16.9 Å². The first-order chi connectivity index (χ1) is 9.41. The van der Waals surface area contributed by atoms with Crippen LogP contribution in [-0.4, -0.2) is 11.1 Å². The van der Waals surface area contributed by atoms with E-state index in [4.69, 9.17) is 4.52 Å². The van der Waals surface area contributed by atoms with E-state index in [1.165, 1.54) is 25.5 Å². The summed E-state index contributed by atoms with van der Waals surface area (Å²) in [6.45, 7) is 4.77. The lowest BCUT2D eigenvalue weighted by atomic mass is 9.40. The summed E-state index contributed by atoms with van der Waals surface area (Å²) in [5.74, 6) is 1.43. The van der Waals surface area contributed by atoms with E-state index >= 15 is 0 Å². The van der Waals surface area contributed by atoms with Crippen LogP contribution < -0.4 is 5.32 Å². The minimum atomic E-state index is -0.179. The van der Waals surface area contributed by atoms with Gasteiger partial charge in [0, 0.05) is 6.07 Å². The van der Waals surface area contributed by atoms with Gasteiger partial charge in [0.15, 0.2) is 5.82 Å². The summed E-state index contributed by atoms with van der Waals surface area (Å²) in [6.07, 6.45) is 8.53. The summed E-state index contributed by atoms with van der Waals surface area (Å²) in [4.78, 5) is 12.9. The molecule has 108 valence electrons. The fourth-order valence-electron chi connectivity index (χ4n) is 6.23. The predicted molar refractivity (Wildman–Crippen MR) is 75.0 cm³/mol. The third-order valence-electron chi connectivity index (χ3n) is 5.79. The molecular weight excluding hydrogens is 252 g/mol. The summed E-state index contributed by atoms with van der Waals surface area (Å²) >= 11 is 0. The van der Waals surface area contributed by atoms with Gasteiger partial charge in [-0.1, -0.05) is 19.0 Å². The normalized spacial score (nSPS) is 45.6. The van der Waals surface area contributed by atoms with Crippen LogP contribution >= 0.6 is 0 Å². The Kier molecular flexibility index (Phi) is 2.27. The van der Waals surface area contributed by atoms with Gasteiger partial charge in [-0.3, -0.25) is 4.79 Å². The molecule has 1 amide bonds. The molecule has 2 unspecified atom stereocenters. The number of rotatable bonds is 2. The van der Waals surface area contributed by atoms with Crippen LogP contribution in [0.1, 0.15) is 52.4 Å². The summed E-state index contributed by atoms with van der Waals surface area (Å²) in [7, 11) is 0. The van der Waals surface area contributed by atoms with Gasteiger partial charge in [-0.25, -0.2) is 0 Å². The monoisotopic (exact) mass is 274 g/mol. The number of hydrogen-bond donors (Lipinski definition) is 1. The van der Waals surface area contributed by atoms with Crippen molar-refractivity contribution in [2.75, 3.05) is 5.32 Å². The summed E-state index contributed by atoms with van der Waals surface area (Å²) in [5.41, 5.74) is 0.534. The van der Waals surface area contributed by atoms with Gasteiger partial charge < -0.3 is 9.84 Å². The minimum Gasteiger partial charge on any atom is -0.363 e. The van der Waals surface area contributed by atoms with Gasteiger partial charge >= 0.3 is 0 Å². The largest absolute Gasteiger partial charge is 0.363 e. The van der Waals surface area contributed by atoms with Crippen LogP contribution in [0.5, 0.6) is 0 Å². The molecule has 0 saturated heterocycles. The second-order valence-electron chi connectivity index (χ2n) is 8.25. The molecule has 4 atom stereocenters. The molecule has 0 aliphatic heterocycles. The average molecular weight is 274 g/mol. The molecule has 4 saturated carbocycles. The van der Waals surface area contributed by atoms with E-state index < -0.39 is 0 Å². The fraction of sp³-hybridized carbons (Fsp3) is 0.750. The molecule has 4 aliphatic rings. The van der Waals surface area contributed by atoms with Crippen LogP contribution in [0.3, 0.4) is 0 Å². The Morgan fingerprint density at radius 1 is 1.25 bits per heavy atom. The summed E-state index contributed by atoms with van der Waals surface area (Å²) in [5, 5.41) is 6.78. The molecule has 4 nitrogen and oxygen atoms in total. The number of nitrogens with zero attached hydrogens (tertiary/aromatic N) is 1. The molecular formula is C16H22N2O2. The number of carbonyl (C=O) groups is 1. The number of amides is 1. The van der Waals surface area contributed by atoms with Crippen molar-refractivity contribution in [1.82, 2.24) is 5.16 Å². The number of anilines is 1. The second-order valence-corrected chi connectivity index (χ2v) is 8.25. The highest BCUT2D eigenvalue weighted by Crippen LogP contribution is 2.69. The van der Waals surface area contributed by atoms with Crippen molar-refractivity contribution in [2.24, 2.45) is 22.2 Å². The zero-order valence-electron chi connectivity index (χ0n) is 12.2. The molecule has 0 aromatic carbocycles. The molecule has 1 heterocycles. The Balaban J connectivity index is 1.65. The lowest BCUT2D eigenvalue weighted by Gasteiger charge is -2.64. The molecule has 4 aliphatic carbocycles. The van der Waals surface area contributed by atoms with Crippen LogP contribution in [0.25, 0.3) is 0 Å². The van der Waals surface area contributed by atoms with Crippen molar-refractivity contribution < 1.29 is 9.32 Å². The Morgan fingerprint density at radius 2 is 1.95 bits per heavy atom. The molecule has 20 heavy (non-hydrogen) atoms. The Hall–Kier alpha value is -1.32. The zero-order chi connectivity index (χ0) is 14.0. The van der Waals surface area contributed by atoms with Gasteiger partial charge in [-0.05, 0) is 55.3 Å². The van der Waals surface area contributed by atoms with Crippen molar-refractivity contribution >= 4 is 11.7 Å². The average Bonchev–Trinajstić information content (AvgIpc) is 2.76. The molecule has 1 aromatic heterocycles. The van der Waals surface area contributed by atoms with Gasteiger partial charge in [0.2, 0.25) is 5.91 Å². The van der Waals surface area contributed by atoms with Crippen molar-refractivity contribution in [3.05, 3.63) is 12.3 Å². The third-order valence-corrected chi connectivity index (χ3v) is 5.79. The summed E-state index contributed by atoms with van der Waals surface area (Å²) in [6, 6.07) is 1.71. The van der Waals surface area contributed by atoms with Crippen LogP contribution in [0, 0.1) is 22.2 Å². The highest BCUT2D eigenvalue weighted by molar-refractivity contribution is 5.95. The molecule has 1 N–H and O–H groups in total. The van der Waals surface area contributed by atoms with Crippen LogP contribution in [0.4, 0.5) is 5.82 Å². The van der Waals surface area contributed by atoms with E-state index in [-0.39, 0.29) is 11.3 Å². The number of nitrogens with one attached hydrogen (secondary N) is 1. The lowest BCUT2D eigenvalue weighted by molar-refractivity contribution is -0.165. The number of aromatic nitrogens is 1. The SMILES string of the molecule is C[C@]12CC3CC(C(=O)Nc4ccon4)(C1)C[C@@](C)(C3)C2. The van der Waals surface area contributed by atoms with E-state index in [1.54, 1.807) is 6.07 Å². The maximum absolute atomic E-state index is 12.9. The first-order valence-corrected chi connectivity index (χ1v) is 7.62. The quantitative estimate of drug-likeness (QED) is 0.896. The van der Waals surface area contributed by atoms with Gasteiger partial charge in [0.1, 0.15) is 6.26 Å². The van der Waals surface area contributed by atoms with Crippen molar-refractivity contribution in [3.63, 3.8) is 0 Å². The van der Waals surface area contributed by atoms with Crippen molar-refractivity contribution in [3.8, 4) is 0 Å². The van der Waals surface area contributed by atoms with E-state index in [2.05, 4.69) is 24.3 Å². The van der Waals surface area contributed by atoms with Crippen molar-refractivity contribution in [1.29, 1.82) is 0 Å². The van der Waals surface area contributed by atoms with Crippen LogP contribution in [-0.2, 0) is 4.79 Å². The highest BCUT2D eigenvalue weighted by Gasteiger charge is 2.62. The molecule has 4 heteroatoms. The second kappa shape index (κ2) is 3.66. The number of hydrogen-bond acceptors (Lipinski definition) is 3. The van der Waals surface area contributed by atoms with Gasteiger partial charge in [-0.15, -0.1) is 0 Å². The van der Waals surface area contributed by atoms with E-state index in [9.17, 15) is 4.79 Å². The highest BCUT2D eigenvalue weighted by atomic mass is 16.5. The topological polar surface area (TPSA) is 55.1 Å². The molecule has 4 fully saturated rings. The molecule has 1 aromatic rings. The number of carbonyl (C=O) groups excluding carboxylic acids is 1. The van der Waals surface area contributed by atoms with Gasteiger partial charge in [0.05, 0.1) is 5.41 Å². The molecule has 4 bridgehead atoms.